The third-order valence-corrected chi connectivity index (χ3v) is 10.5. The number of fused-ring (bicyclic) bond motifs is 1. The van der Waals surface area contributed by atoms with E-state index in [1.165, 1.54) is 11.8 Å². The lowest BCUT2D eigenvalue weighted by atomic mass is 10.0. The summed E-state index contributed by atoms with van der Waals surface area (Å²) in [6.45, 7) is 6.56. The Morgan fingerprint density at radius 2 is 2.00 bits per heavy atom. The summed E-state index contributed by atoms with van der Waals surface area (Å²) < 4.78 is 34.6. The summed E-state index contributed by atoms with van der Waals surface area (Å²) in [7, 11) is -3.61. The Balaban J connectivity index is 1.75. The van der Waals surface area contributed by atoms with Gasteiger partial charge in [-0.2, -0.15) is 4.31 Å². The Hall–Kier alpha value is -1.74. The zero-order valence-corrected chi connectivity index (χ0v) is 22.1. The number of benzene rings is 2. The first-order chi connectivity index (χ1) is 16.1. The van der Waals surface area contributed by atoms with Gasteiger partial charge in [0.15, 0.2) is 0 Å². The highest BCUT2D eigenvalue weighted by Crippen LogP contribution is 2.49. The van der Waals surface area contributed by atoms with E-state index in [4.69, 9.17) is 21.4 Å². The van der Waals surface area contributed by atoms with E-state index in [2.05, 4.69) is 0 Å². The van der Waals surface area contributed by atoms with Gasteiger partial charge in [-0.05, 0) is 60.7 Å². The van der Waals surface area contributed by atoms with Crippen molar-refractivity contribution in [3.8, 4) is 5.75 Å². The lowest BCUT2D eigenvalue weighted by Gasteiger charge is -2.30. The van der Waals surface area contributed by atoms with Gasteiger partial charge in [-0.15, -0.1) is 11.8 Å². The van der Waals surface area contributed by atoms with E-state index < -0.39 is 20.6 Å². The quantitative estimate of drug-likeness (QED) is 0.377. The van der Waals surface area contributed by atoms with E-state index in [0.29, 0.717) is 36.6 Å². The molecule has 0 spiro atoms. The molecule has 186 valence electrons. The van der Waals surface area contributed by atoms with E-state index in [1.807, 2.05) is 57.2 Å². The van der Waals surface area contributed by atoms with Crippen molar-refractivity contribution in [1.29, 1.82) is 0 Å². The molecule has 0 aliphatic carbocycles. The number of aryl methyl sites for hydroxylation is 1. The van der Waals surface area contributed by atoms with Gasteiger partial charge in [0.1, 0.15) is 16.4 Å². The molecular weight excluding hydrogens is 494 g/mol. The van der Waals surface area contributed by atoms with E-state index in [0.717, 1.165) is 16.0 Å². The third kappa shape index (κ3) is 6.47. The second kappa shape index (κ2) is 11.8. The first-order valence-electron chi connectivity index (χ1n) is 11.6. The molecule has 3 rings (SSSR count). The zero-order valence-electron chi connectivity index (χ0n) is 19.7. The molecule has 9 heteroatoms. The van der Waals surface area contributed by atoms with Gasteiger partial charge in [0.05, 0.1) is 6.54 Å². The van der Waals surface area contributed by atoms with Gasteiger partial charge in [0, 0.05) is 28.8 Å². The van der Waals surface area contributed by atoms with Crippen LogP contribution in [0.15, 0.2) is 47.4 Å². The van der Waals surface area contributed by atoms with Crippen molar-refractivity contribution in [3.05, 3.63) is 58.6 Å². The number of nitrogens with zero attached hydrogens (tertiary/aromatic N) is 1. The molecule has 3 unspecified atom stereocenters. The molecule has 0 fully saturated rings. The van der Waals surface area contributed by atoms with Crippen LogP contribution >= 0.6 is 23.4 Å². The van der Waals surface area contributed by atoms with Crippen LogP contribution in [-0.4, -0.2) is 47.6 Å². The molecule has 1 aliphatic rings. The van der Waals surface area contributed by atoms with Crippen LogP contribution in [0.25, 0.3) is 0 Å². The second-order valence-electron chi connectivity index (χ2n) is 8.55. The van der Waals surface area contributed by atoms with Crippen LogP contribution < -0.4 is 4.74 Å². The normalized spacial score (nSPS) is 18.6. The predicted molar refractivity (Wildman–Crippen MR) is 137 cm³/mol. The molecule has 34 heavy (non-hydrogen) atoms. The standard InChI is InChI=1S/C25H32ClNO5S2/c1-4-13-27(34(30,31)25-17(3)22-15-19(26)10-11-23(22)33-25)16-20(5-2)32-21-8-6-7-18(14-21)9-12-24(28)29/h6-8,10-11,14-15,17,20,25H,4-5,9,12-13,16H2,1-3H3,(H,28,29). The predicted octanol–water partition coefficient (Wildman–Crippen LogP) is 5.79. The van der Waals surface area contributed by atoms with E-state index in [-0.39, 0.29) is 25.0 Å². The second-order valence-corrected chi connectivity index (χ2v) is 12.5. The van der Waals surface area contributed by atoms with E-state index >= 15 is 0 Å². The SMILES string of the molecule is CCCN(CC(CC)Oc1cccc(CCC(=O)O)c1)S(=O)(=O)C1Sc2ccc(Cl)cc2C1C. The van der Waals surface area contributed by atoms with Crippen LogP contribution in [0.1, 0.15) is 57.1 Å². The van der Waals surface area contributed by atoms with Gasteiger partial charge in [-0.25, -0.2) is 8.42 Å². The number of hydrogen-bond acceptors (Lipinski definition) is 5. The average Bonchev–Trinajstić information content (AvgIpc) is 3.13. The van der Waals surface area contributed by atoms with Crippen LogP contribution in [0.4, 0.5) is 0 Å². The third-order valence-electron chi connectivity index (χ3n) is 5.93. The maximum absolute atomic E-state index is 13.8. The van der Waals surface area contributed by atoms with Crippen molar-refractivity contribution < 1.29 is 23.1 Å². The summed E-state index contributed by atoms with van der Waals surface area (Å²) in [5.41, 5.74) is 1.85. The monoisotopic (exact) mass is 525 g/mol. The van der Waals surface area contributed by atoms with E-state index in [9.17, 15) is 13.2 Å². The number of carbonyl (C=O) groups is 1. The summed E-state index contributed by atoms with van der Waals surface area (Å²) in [5, 5.41) is 9.54. The number of ether oxygens (including phenoxy) is 1. The van der Waals surface area contributed by atoms with E-state index in [1.54, 1.807) is 10.4 Å². The maximum atomic E-state index is 13.8. The molecule has 0 radical (unpaired) electrons. The van der Waals surface area contributed by atoms with Crippen LogP contribution in [0.5, 0.6) is 5.75 Å². The summed E-state index contributed by atoms with van der Waals surface area (Å²) in [4.78, 5) is 11.8. The van der Waals surface area contributed by atoms with Crippen molar-refractivity contribution in [2.75, 3.05) is 13.1 Å². The van der Waals surface area contributed by atoms with Gasteiger partial charge in [-0.3, -0.25) is 4.79 Å². The number of rotatable bonds is 12. The van der Waals surface area contributed by atoms with Crippen LogP contribution in [-0.2, 0) is 21.2 Å². The highest BCUT2D eigenvalue weighted by molar-refractivity contribution is 8.13. The highest BCUT2D eigenvalue weighted by atomic mass is 35.5. The topological polar surface area (TPSA) is 83.9 Å². The summed E-state index contributed by atoms with van der Waals surface area (Å²) in [5.74, 6) is -0.397. The average molecular weight is 526 g/mol. The Morgan fingerprint density at radius 1 is 1.24 bits per heavy atom. The Labute approximate surface area is 211 Å². The lowest BCUT2D eigenvalue weighted by Crippen LogP contribution is -2.44. The molecule has 2 aromatic rings. The molecule has 0 amide bonds. The fourth-order valence-electron chi connectivity index (χ4n) is 4.09. The van der Waals surface area contributed by atoms with Crippen LogP contribution in [0.3, 0.4) is 0 Å². The number of halogens is 1. The Kier molecular flexibility index (Phi) is 9.32. The molecule has 2 aromatic carbocycles. The number of hydrogen-bond donors (Lipinski definition) is 1. The van der Waals surface area contributed by atoms with Crippen molar-refractivity contribution in [2.24, 2.45) is 0 Å². The number of thioether (sulfide) groups is 1. The van der Waals surface area contributed by atoms with Gasteiger partial charge < -0.3 is 9.84 Å². The minimum atomic E-state index is -3.61. The molecular formula is C25H32ClNO5S2. The molecule has 0 saturated carbocycles. The molecule has 1 heterocycles. The minimum Gasteiger partial charge on any atom is -0.489 e. The first kappa shape index (κ1) is 26.9. The molecule has 0 saturated heterocycles. The molecule has 6 nitrogen and oxygen atoms in total. The van der Waals surface area contributed by atoms with Gasteiger partial charge >= 0.3 is 5.97 Å². The minimum absolute atomic E-state index is 0.0496. The molecule has 1 aliphatic heterocycles. The summed E-state index contributed by atoms with van der Waals surface area (Å²) in [6, 6.07) is 12.9. The van der Waals surface area contributed by atoms with Crippen molar-refractivity contribution >= 4 is 39.4 Å². The Morgan fingerprint density at radius 3 is 2.68 bits per heavy atom. The van der Waals surface area contributed by atoms with Gasteiger partial charge in [-0.1, -0.05) is 44.5 Å². The first-order valence-corrected chi connectivity index (χ1v) is 14.3. The smallest absolute Gasteiger partial charge is 0.303 e. The van der Waals surface area contributed by atoms with Crippen LogP contribution in [0, 0.1) is 0 Å². The fraction of sp³-hybridized carbons (Fsp3) is 0.480. The lowest BCUT2D eigenvalue weighted by molar-refractivity contribution is -0.136. The molecule has 0 aromatic heterocycles. The van der Waals surface area contributed by atoms with Crippen molar-refractivity contribution in [1.82, 2.24) is 4.31 Å². The Bertz CT molecular complexity index is 1110. The van der Waals surface area contributed by atoms with Crippen LogP contribution in [0.2, 0.25) is 5.02 Å². The number of carboxylic acid groups (broad SMARTS) is 1. The fourth-order valence-corrected chi connectivity index (χ4v) is 8.33. The van der Waals surface area contributed by atoms with Crippen molar-refractivity contribution in [3.63, 3.8) is 0 Å². The zero-order chi connectivity index (χ0) is 24.9. The summed E-state index contributed by atoms with van der Waals surface area (Å²) in [6.07, 6.45) is 1.48. The van der Waals surface area contributed by atoms with Crippen molar-refractivity contribution in [2.45, 2.75) is 68.0 Å². The number of aliphatic carboxylic acids is 1. The van der Waals surface area contributed by atoms with Gasteiger partial charge in [0.25, 0.3) is 0 Å². The van der Waals surface area contributed by atoms with Gasteiger partial charge in [0.2, 0.25) is 10.0 Å². The molecule has 3 atom stereocenters. The number of carboxylic acids is 1. The largest absolute Gasteiger partial charge is 0.489 e. The highest BCUT2D eigenvalue weighted by Gasteiger charge is 2.43. The maximum Gasteiger partial charge on any atom is 0.303 e. The molecule has 0 bridgehead atoms. The summed E-state index contributed by atoms with van der Waals surface area (Å²) >= 11 is 7.54. The molecule has 1 N–H and O–H groups in total. The number of sulfonamides is 1.